The van der Waals surface area contributed by atoms with E-state index in [0.717, 1.165) is 0 Å². The van der Waals surface area contributed by atoms with Gasteiger partial charge < -0.3 is 19.9 Å². The van der Waals surface area contributed by atoms with Crippen molar-refractivity contribution in [3.05, 3.63) is 23.0 Å². The summed E-state index contributed by atoms with van der Waals surface area (Å²) in [6.45, 7) is -0.921. The molecule has 1 aliphatic rings. The van der Waals surface area contributed by atoms with Crippen LogP contribution in [0.4, 0.5) is 4.39 Å². The molecule has 1 fully saturated rings. The minimum atomic E-state index is -1.34. The van der Waals surface area contributed by atoms with E-state index in [1.165, 1.54) is 17.2 Å². The number of aliphatic hydroxyl groups is 2. The molecular weight excluding hydrogens is 258 g/mol. The first-order valence-corrected chi connectivity index (χ1v) is 5.61. The summed E-state index contributed by atoms with van der Waals surface area (Å²) in [5.41, 5.74) is -0.158. The van der Waals surface area contributed by atoms with Crippen molar-refractivity contribution in [2.24, 2.45) is 0 Å². The van der Waals surface area contributed by atoms with Crippen LogP contribution in [0.5, 0.6) is 0 Å². The Kier molecular flexibility index (Phi) is 2.81. The van der Waals surface area contributed by atoms with Crippen LogP contribution in [0.25, 0.3) is 11.2 Å². The van der Waals surface area contributed by atoms with Gasteiger partial charge in [0.2, 0.25) is 0 Å². The molecule has 3 rings (SSSR count). The Morgan fingerprint density at radius 1 is 1.42 bits per heavy atom. The van der Waals surface area contributed by atoms with Crippen LogP contribution < -0.4 is 5.56 Å². The van der Waals surface area contributed by atoms with Crippen molar-refractivity contribution >= 4 is 11.2 Å². The fourth-order valence-electron chi connectivity index (χ4n) is 2.14. The number of halogens is 1. The van der Waals surface area contributed by atoms with E-state index < -0.39 is 36.8 Å². The number of imidazole rings is 1. The van der Waals surface area contributed by atoms with E-state index in [4.69, 9.17) is 4.74 Å². The van der Waals surface area contributed by atoms with Gasteiger partial charge in [0.15, 0.2) is 17.4 Å². The highest BCUT2D eigenvalue weighted by Crippen LogP contribution is 2.30. The molecule has 8 nitrogen and oxygen atoms in total. The number of nitrogens with one attached hydrogen (secondary N) is 1. The number of nitrogens with zero attached hydrogens (tertiary/aromatic N) is 3. The van der Waals surface area contributed by atoms with E-state index in [0.29, 0.717) is 0 Å². The zero-order chi connectivity index (χ0) is 13.6. The summed E-state index contributed by atoms with van der Waals surface area (Å²) in [6, 6.07) is 0. The second-order valence-electron chi connectivity index (χ2n) is 4.26. The van der Waals surface area contributed by atoms with E-state index in [2.05, 4.69) is 15.0 Å². The van der Waals surface area contributed by atoms with Crippen molar-refractivity contribution in [1.29, 1.82) is 0 Å². The fourth-order valence-corrected chi connectivity index (χ4v) is 2.14. The normalized spacial score (nSPS) is 31.1. The van der Waals surface area contributed by atoms with Crippen LogP contribution >= 0.6 is 0 Å². The minimum absolute atomic E-state index is 0.0801. The standard InChI is InChI=1S/C10H11FN4O4/c11-1-4-6(16)7(17)10(19-4)15-3-14-5-8(15)12-2-13-9(5)18/h2-4,6-7,10,16-17H,1H2,(H,12,13,18)/t4-,6-,7-,10-/m1/s1/i11-1. The van der Waals surface area contributed by atoms with Crippen LogP contribution in [0.3, 0.4) is 0 Å². The third-order valence-corrected chi connectivity index (χ3v) is 3.13. The molecule has 0 radical (unpaired) electrons. The van der Waals surface area contributed by atoms with Crippen LogP contribution in [0.2, 0.25) is 0 Å². The lowest BCUT2D eigenvalue weighted by Crippen LogP contribution is -2.32. The first-order chi connectivity index (χ1) is 9.13. The van der Waals surface area contributed by atoms with Crippen molar-refractivity contribution in [2.75, 3.05) is 6.67 Å². The summed E-state index contributed by atoms with van der Waals surface area (Å²) in [7, 11) is 0. The maximum Gasteiger partial charge on any atom is 0.278 e. The summed E-state index contributed by atoms with van der Waals surface area (Å²) in [5.74, 6) is 0. The number of fused-ring (bicyclic) bond motifs is 1. The largest absolute Gasteiger partial charge is 0.387 e. The van der Waals surface area contributed by atoms with Gasteiger partial charge in [-0.1, -0.05) is 0 Å². The number of H-pyrrole nitrogens is 1. The van der Waals surface area contributed by atoms with Gasteiger partial charge in [0, 0.05) is 0 Å². The van der Waals surface area contributed by atoms with Gasteiger partial charge in [0.1, 0.15) is 25.0 Å². The minimum Gasteiger partial charge on any atom is -0.387 e. The Balaban J connectivity index is 2.06. The molecule has 0 spiro atoms. The second kappa shape index (κ2) is 4.37. The summed E-state index contributed by atoms with van der Waals surface area (Å²) in [4.78, 5) is 21.7. The highest BCUT2D eigenvalue weighted by Gasteiger charge is 2.44. The molecule has 3 N–H and O–H groups in total. The van der Waals surface area contributed by atoms with Crippen molar-refractivity contribution < 1.29 is 19.3 Å². The molecule has 2 aromatic heterocycles. The molecule has 102 valence electrons. The van der Waals surface area contributed by atoms with Crippen LogP contribution in [0.15, 0.2) is 17.4 Å². The molecule has 19 heavy (non-hydrogen) atoms. The Bertz CT molecular complexity index is 656. The maximum atomic E-state index is 12.6. The molecule has 0 amide bonds. The number of rotatable bonds is 2. The third kappa shape index (κ3) is 1.74. The molecule has 3 heterocycles. The van der Waals surface area contributed by atoms with Crippen LogP contribution in [0.1, 0.15) is 6.23 Å². The molecule has 0 unspecified atom stereocenters. The Morgan fingerprint density at radius 2 is 2.21 bits per heavy atom. The summed E-state index contributed by atoms with van der Waals surface area (Å²) >= 11 is 0. The number of aliphatic hydroxyl groups excluding tert-OH is 2. The van der Waals surface area contributed by atoms with Gasteiger partial charge in [-0.3, -0.25) is 9.36 Å². The average Bonchev–Trinajstić information content (AvgIpc) is 2.94. The molecule has 9 heteroatoms. The van der Waals surface area contributed by atoms with Crippen LogP contribution in [0, 0.1) is 0 Å². The Hall–Kier alpha value is -1.84. The third-order valence-electron chi connectivity index (χ3n) is 3.13. The Labute approximate surface area is 105 Å². The molecule has 0 saturated carbocycles. The molecular formula is C10H11FN4O4. The fraction of sp³-hybridized carbons (Fsp3) is 0.500. The number of aromatic nitrogens is 4. The monoisotopic (exact) mass is 269 g/mol. The molecule has 0 bridgehead atoms. The predicted molar refractivity (Wildman–Crippen MR) is 60.0 cm³/mol. The topological polar surface area (TPSA) is 113 Å². The first kappa shape index (κ1) is 12.2. The lowest BCUT2D eigenvalue weighted by atomic mass is 10.1. The van der Waals surface area contributed by atoms with Crippen molar-refractivity contribution in [1.82, 2.24) is 19.5 Å². The molecule has 1 saturated heterocycles. The summed E-state index contributed by atoms with van der Waals surface area (Å²) < 4.78 is 19.1. The summed E-state index contributed by atoms with van der Waals surface area (Å²) in [6.07, 6.45) is -2.36. The van der Waals surface area contributed by atoms with Gasteiger partial charge in [-0.2, -0.15) is 0 Å². The SMILES string of the molecule is O=c1[nH]cnc2c1ncn2[C@@H]1O[C@H](C[18F])[C@@H](O)[C@H]1O. The molecule has 1 aliphatic heterocycles. The van der Waals surface area contributed by atoms with E-state index >= 15 is 0 Å². The lowest BCUT2D eigenvalue weighted by molar-refractivity contribution is -0.0409. The van der Waals surface area contributed by atoms with Gasteiger partial charge in [0.05, 0.1) is 12.7 Å². The average molecular weight is 269 g/mol. The smallest absolute Gasteiger partial charge is 0.278 e. The van der Waals surface area contributed by atoms with Crippen LogP contribution in [-0.4, -0.2) is 54.7 Å². The number of ether oxygens (including phenoxy) is 1. The molecule has 2 aromatic rings. The number of aromatic amines is 1. The van der Waals surface area contributed by atoms with Crippen molar-refractivity contribution in [3.63, 3.8) is 0 Å². The van der Waals surface area contributed by atoms with Gasteiger partial charge in [-0.15, -0.1) is 0 Å². The van der Waals surface area contributed by atoms with E-state index in [9.17, 15) is 19.4 Å². The maximum absolute atomic E-state index is 12.6. The van der Waals surface area contributed by atoms with E-state index in [1.54, 1.807) is 0 Å². The van der Waals surface area contributed by atoms with Crippen molar-refractivity contribution in [2.45, 2.75) is 24.5 Å². The quantitative estimate of drug-likeness (QED) is 0.625. The van der Waals surface area contributed by atoms with Crippen LogP contribution in [-0.2, 0) is 4.74 Å². The van der Waals surface area contributed by atoms with Gasteiger partial charge in [0.25, 0.3) is 5.56 Å². The van der Waals surface area contributed by atoms with Gasteiger partial charge >= 0.3 is 0 Å². The highest BCUT2D eigenvalue weighted by molar-refractivity contribution is 5.68. The zero-order valence-electron chi connectivity index (χ0n) is 9.60. The lowest BCUT2D eigenvalue weighted by Gasteiger charge is -2.16. The second-order valence-corrected chi connectivity index (χ2v) is 4.26. The molecule has 0 aliphatic carbocycles. The number of alkyl halides is 1. The summed E-state index contributed by atoms with van der Waals surface area (Å²) in [5, 5.41) is 19.5. The zero-order valence-corrected chi connectivity index (χ0v) is 9.60. The molecule has 0 aromatic carbocycles. The predicted octanol–water partition coefficient (Wildman–Crippen LogP) is -1.29. The Morgan fingerprint density at radius 3 is 2.89 bits per heavy atom. The van der Waals surface area contributed by atoms with E-state index in [-0.39, 0.29) is 11.2 Å². The van der Waals surface area contributed by atoms with Gasteiger partial charge in [-0.05, 0) is 0 Å². The number of hydrogen-bond acceptors (Lipinski definition) is 6. The number of hydrogen-bond donors (Lipinski definition) is 3. The van der Waals surface area contributed by atoms with Gasteiger partial charge in [-0.25, -0.2) is 14.4 Å². The highest BCUT2D eigenvalue weighted by atomic mass is 18.2. The van der Waals surface area contributed by atoms with Crippen molar-refractivity contribution in [3.8, 4) is 0 Å². The molecule has 4 atom stereocenters. The first-order valence-electron chi connectivity index (χ1n) is 5.61. The van der Waals surface area contributed by atoms with E-state index in [1.807, 2.05) is 0 Å².